The van der Waals surface area contributed by atoms with E-state index in [1.165, 1.54) is 5.56 Å². The van der Waals surface area contributed by atoms with Crippen LogP contribution in [-0.4, -0.2) is 13.0 Å². The van der Waals surface area contributed by atoms with E-state index in [4.69, 9.17) is 13.8 Å². The molecule has 1 atom stereocenters. The predicted molar refractivity (Wildman–Crippen MR) is 192 cm³/mol. The standard InChI is InChI=1S/C36H40N4O3P2S/c1-8-9-16-37-44(38-17-10-11-18-38)42-29-23-27(35(2,3)4)25-31-33(29)41-34-30(24-28(36(5,6)7)26-32(34)46-31)43-45(39-19-12-13-20-39)40-21-14-15-22-40/h8-26,37H,1H2,2-7H3/b16-9-. The lowest BCUT2D eigenvalue weighted by Gasteiger charge is -2.31. The van der Waals surface area contributed by atoms with Crippen LogP contribution in [0.4, 0.5) is 0 Å². The van der Waals surface area contributed by atoms with Crippen molar-refractivity contribution in [3.8, 4) is 23.0 Å². The Labute approximate surface area is 278 Å². The molecule has 1 aliphatic heterocycles. The molecule has 4 heterocycles. The van der Waals surface area contributed by atoms with Gasteiger partial charge in [-0.2, -0.15) is 0 Å². The lowest BCUT2D eigenvalue weighted by Crippen LogP contribution is -2.15. The number of hydrogen-bond acceptors (Lipinski definition) is 5. The maximum Gasteiger partial charge on any atom is 0.317 e. The molecule has 3 aromatic heterocycles. The summed E-state index contributed by atoms with van der Waals surface area (Å²) < 4.78 is 26.9. The number of hydrogen-bond donors (Lipinski definition) is 1. The van der Waals surface area contributed by atoms with E-state index >= 15 is 0 Å². The number of rotatable bonds is 10. The SMILES string of the molecule is C=C/C=C\NP(Oc1cc(C(C)(C)C)cc2c1Oc1c(OP(n3cccc3)n3cccc3)cc(C(C)(C)C)cc1S2)n1cccc1. The number of benzene rings is 2. The van der Waals surface area contributed by atoms with E-state index in [2.05, 4.69) is 86.1 Å². The highest BCUT2D eigenvalue weighted by Gasteiger charge is 2.32. The quantitative estimate of drug-likeness (QED) is 0.116. The van der Waals surface area contributed by atoms with Crippen LogP contribution >= 0.6 is 28.7 Å². The molecule has 238 valence electrons. The van der Waals surface area contributed by atoms with Crippen molar-refractivity contribution in [2.24, 2.45) is 0 Å². The summed E-state index contributed by atoms with van der Waals surface area (Å²) in [5.74, 6) is 2.73. The Kier molecular flexibility index (Phi) is 9.16. The zero-order chi connectivity index (χ0) is 32.5. The number of allylic oxidation sites excluding steroid dienone is 2. The van der Waals surface area contributed by atoms with Crippen molar-refractivity contribution in [2.75, 3.05) is 0 Å². The fourth-order valence-electron chi connectivity index (χ4n) is 4.76. The van der Waals surface area contributed by atoms with Crippen LogP contribution < -0.4 is 18.9 Å². The van der Waals surface area contributed by atoms with Crippen LogP contribution in [0, 0.1) is 0 Å². The first kappa shape index (κ1) is 32.1. The second kappa shape index (κ2) is 13.1. The number of nitrogens with zero attached hydrogens (tertiary/aromatic N) is 3. The van der Waals surface area contributed by atoms with Gasteiger partial charge in [0.2, 0.25) is 0 Å². The Hall–Kier alpha value is -3.83. The molecule has 5 aromatic rings. The first-order valence-electron chi connectivity index (χ1n) is 15.1. The normalized spacial score (nSPS) is 13.6. The number of aromatic nitrogens is 3. The van der Waals surface area contributed by atoms with Gasteiger partial charge < -0.3 is 18.9 Å². The first-order valence-corrected chi connectivity index (χ1v) is 18.3. The van der Waals surface area contributed by atoms with Gasteiger partial charge in [0.25, 0.3) is 0 Å². The minimum absolute atomic E-state index is 0.101. The maximum atomic E-state index is 6.96. The zero-order valence-electron chi connectivity index (χ0n) is 27.0. The third kappa shape index (κ3) is 6.95. The Morgan fingerprint density at radius 1 is 0.696 bits per heavy atom. The highest BCUT2D eigenvalue weighted by Crippen LogP contribution is 2.59. The summed E-state index contributed by atoms with van der Waals surface area (Å²) in [6.45, 7) is 17.1. The predicted octanol–water partition coefficient (Wildman–Crippen LogP) is 11.1. The van der Waals surface area contributed by atoms with Gasteiger partial charge in [0, 0.05) is 43.4 Å². The van der Waals surface area contributed by atoms with Crippen LogP contribution in [0.3, 0.4) is 0 Å². The molecular formula is C36H40N4O3P2S. The van der Waals surface area contributed by atoms with Gasteiger partial charge >= 0.3 is 16.9 Å². The Morgan fingerprint density at radius 3 is 1.61 bits per heavy atom. The van der Waals surface area contributed by atoms with Gasteiger partial charge in [-0.1, -0.05) is 66.0 Å². The molecule has 0 saturated heterocycles. The largest absolute Gasteiger partial charge is 0.447 e. The Bertz CT molecular complexity index is 1790. The molecule has 6 rings (SSSR count). The number of nitrogens with one attached hydrogen (secondary N) is 1. The monoisotopic (exact) mass is 670 g/mol. The average molecular weight is 671 g/mol. The van der Waals surface area contributed by atoms with Gasteiger partial charge in [0.15, 0.2) is 23.0 Å². The lowest BCUT2D eigenvalue weighted by atomic mass is 9.86. The molecule has 2 aromatic carbocycles. The molecule has 0 saturated carbocycles. The van der Waals surface area contributed by atoms with Gasteiger partial charge in [0.05, 0.1) is 9.79 Å². The summed E-state index contributed by atoms with van der Waals surface area (Å²) in [6.07, 6.45) is 17.6. The van der Waals surface area contributed by atoms with Crippen molar-refractivity contribution in [1.29, 1.82) is 0 Å². The summed E-state index contributed by atoms with van der Waals surface area (Å²) in [7, 11) is -2.59. The van der Waals surface area contributed by atoms with Crippen molar-refractivity contribution in [2.45, 2.75) is 62.2 Å². The first-order chi connectivity index (χ1) is 22.0. The third-order valence-corrected chi connectivity index (χ3v) is 11.5. The Morgan fingerprint density at radius 2 is 1.15 bits per heavy atom. The van der Waals surface area contributed by atoms with Crippen molar-refractivity contribution >= 4 is 28.7 Å². The molecule has 1 aliphatic rings. The van der Waals surface area contributed by atoms with Crippen molar-refractivity contribution in [1.82, 2.24) is 18.1 Å². The van der Waals surface area contributed by atoms with E-state index in [-0.39, 0.29) is 10.8 Å². The average Bonchev–Trinajstić information content (AvgIpc) is 3.82. The Balaban J connectivity index is 1.46. The molecule has 0 spiro atoms. The lowest BCUT2D eigenvalue weighted by molar-refractivity contribution is 0.407. The summed E-state index contributed by atoms with van der Waals surface area (Å²) >= 11 is 1.70. The van der Waals surface area contributed by atoms with Crippen molar-refractivity contribution < 1.29 is 13.8 Å². The van der Waals surface area contributed by atoms with E-state index < -0.39 is 16.9 Å². The molecule has 10 heteroatoms. The van der Waals surface area contributed by atoms with Gasteiger partial charge in [0.1, 0.15) is 0 Å². The van der Waals surface area contributed by atoms with E-state index in [1.54, 1.807) is 17.8 Å². The van der Waals surface area contributed by atoms with Crippen LogP contribution in [0.25, 0.3) is 0 Å². The van der Waals surface area contributed by atoms with Gasteiger partial charge in [-0.15, -0.1) is 0 Å². The van der Waals surface area contributed by atoms with Crippen molar-refractivity contribution in [3.63, 3.8) is 0 Å². The van der Waals surface area contributed by atoms with E-state index in [0.717, 1.165) is 15.4 Å². The van der Waals surface area contributed by atoms with Crippen LogP contribution in [0.15, 0.2) is 133 Å². The summed E-state index contributed by atoms with van der Waals surface area (Å²) in [5.41, 5.74) is 2.13. The van der Waals surface area contributed by atoms with Crippen LogP contribution in [0.2, 0.25) is 0 Å². The number of fused-ring (bicyclic) bond motifs is 2. The summed E-state index contributed by atoms with van der Waals surface area (Å²) in [6, 6.07) is 20.8. The summed E-state index contributed by atoms with van der Waals surface area (Å²) in [5, 5.41) is 3.41. The van der Waals surface area contributed by atoms with Crippen molar-refractivity contribution in [3.05, 3.63) is 134 Å². The smallest absolute Gasteiger partial charge is 0.317 e. The number of ether oxygens (including phenoxy) is 1. The topological polar surface area (TPSA) is 54.5 Å². The minimum atomic E-state index is -1.32. The third-order valence-electron chi connectivity index (χ3n) is 7.35. The maximum absolute atomic E-state index is 6.96. The van der Waals surface area contributed by atoms with E-state index in [9.17, 15) is 0 Å². The van der Waals surface area contributed by atoms with Gasteiger partial charge in [-0.3, -0.25) is 13.0 Å². The molecule has 0 amide bonds. The molecule has 0 aliphatic carbocycles. The van der Waals surface area contributed by atoms with E-state index in [1.807, 2.05) is 90.2 Å². The fraction of sp³-hybridized carbons (Fsp3) is 0.222. The molecule has 1 unspecified atom stereocenters. The molecule has 0 radical (unpaired) electrons. The van der Waals surface area contributed by atoms with E-state index in [0.29, 0.717) is 23.0 Å². The molecule has 7 nitrogen and oxygen atoms in total. The zero-order valence-corrected chi connectivity index (χ0v) is 29.7. The molecule has 1 N–H and O–H groups in total. The summed E-state index contributed by atoms with van der Waals surface area (Å²) in [4.78, 5) is 2.02. The fourth-order valence-corrected chi connectivity index (χ4v) is 8.56. The van der Waals surface area contributed by atoms with Crippen LogP contribution in [-0.2, 0) is 10.8 Å². The van der Waals surface area contributed by atoms with Crippen LogP contribution in [0.5, 0.6) is 23.0 Å². The second-order valence-electron chi connectivity index (χ2n) is 12.9. The molecule has 46 heavy (non-hydrogen) atoms. The van der Waals surface area contributed by atoms with Gasteiger partial charge in [-0.05, 0) is 88.7 Å². The second-order valence-corrected chi connectivity index (χ2v) is 17.1. The molecule has 0 bridgehead atoms. The van der Waals surface area contributed by atoms with Crippen LogP contribution in [0.1, 0.15) is 52.7 Å². The highest BCUT2D eigenvalue weighted by molar-refractivity contribution is 7.99. The van der Waals surface area contributed by atoms with Gasteiger partial charge in [-0.25, -0.2) is 0 Å². The minimum Gasteiger partial charge on any atom is -0.447 e. The molecular weight excluding hydrogens is 630 g/mol. The molecule has 0 fully saturated rings. The highest BCUT2D eigenvalue weighted by atomic mass is 32.2.